The standard InChI is InChI=1S/C11H12N2S/c1-12-7-14-10-8-5-3-4-6-9(8)13(2)11(10)12/h3-6H,7H2,1-2H3. The molecule has 3 heteroatoms. The van der Waals surface area contributed by atoms with Crippen molar-refractivity contribution in [2.45, 2.75) is 4.90 Å². The molecule has 2 aromatic rings. The summed E-state index contributed by atoms with van der Waals surface area (Å²) in [7, 11) is 4.29. The summed E-state index contributed by atoms with van der Waals surface area (Å²) < 4.78 is 2.28. The third-order valence-electron chi connectivity index (χ3n) is 2.79. The van der Waals surface area contributed by atoms with Crippen molar-refractivity contribution in [3.63, 3.8) is 0 Å². The van der Waals surface area contributed by atoms with Gasteiger partial charge in [0, 0.05) is 19.5 Å². The fourth-order valence-corrected chi connectivity index (χ4v) is 3.33. The molecule has 0 N–H and O–H groups in total. The minimum Gasteiger partial charge on any atom is -0.351 e. The van der Waals surface area contributed by atoms with Crippen molar-refractivity contribution in [2.24, 2.45) is 7.05 Å². The van der Waals surface area contributed by atoms with Crippen LogP contribution in [0, 0.1) is 0 Å². The lowest BCUT2D eigenvalue weighted by Gasteiger charge is -2.12. The maximum atomic E-state index is 2.31. The summed E-state index contributed by atoms with van der Waals surface area (Å²) in [6, 6.07) is 8.60. The lowest BCUT2D eigenvalue weighted by atomic mass is 10.2. The first-order chi connectivity index (χ1) is 6.79. The van der Waals surface area contributed by atoms with E-state index >= 15 is 0 Å². The zero-order valence-electron chi connectivity index (χ0n) is 8.32. The Balaban J connectivity index is 2.45. The first-order valence-corrected chi connectivity index (χ1v) is 5.69. The maximum absolute atomic E-state index is 2.31. The topological polar surface area (TPSA) is 8.17 Å². The van der Waals surface area contributed by atoms with E-state index in [0.29, 0.717) is 0 Å². The summed E-state index contributed by atoms with van der Waals surface area (Å²) in [5.41, 5.74) is 1.33. The van der Waals surface area contributed by atoms with Gasteiger partial charge < -0.3 is 9.47 Å². The average Bonchev–Trinajstić information content (AvgIpc) is 2.70. The van der Waals surface area contributed by atoms with Crippen LogP contribution >= 0.6 is 11.8 Å². The molecule has 1 aromatic carbocycles. The molecule has 2 heterocycles. The van der Waals surface area contributed by atoms with Gasteiger partial charge in [-0.2, -0.15) is 0 Å². The molecule has 14 heavy (non-hydrogen) atoms. The lowest BCUT2D eigenvalue weighted by molar-refractivity contribution is 0.905. The van der Waals surface area contributed by atoms with Crippen LogP contribution in [0.2, 0.25) is 0 Å². The number of thioether (sulfide) groups is 1. The number of hydrogen-bond acceptors (Lipinski definition) is 2. The minimum atomic E-state index is 1.07. The highest BCUT2D eigenvalue weighted by Crippen LogP contribution is 2.44. The third-order valence-corrected chi connectivity index (χ3v) is 4.00. The second-order valence-electron chi connectivity index (χ2n) is 3.70. The molecule has 1 aliphatic rings. The number of benzene rings is 1. The van der Waals surface area contributed by atoms with Crippen molar-refractivity contribution in [3.05, 3.63) is 24.3 Å². The van der Waals surface area contributed by atoms with Crippen LogP contribution in [0.5, 0.6) is 0 Å². The summed E-state index contributed by atoms with van der Waals surface area (Å²) >= 11 is 1.93. The number of nitrogens with zero attached hydrogens (tertiary/aromatic N) is 2. The van der Waals surface area contributed by atoms with Crippen molar-refractivity contribution in [3.8, 4) is 0 Å². The van der Waals surface area contributed by atoms with Gasteiger partial charge in [0.1, 0.15) is 5.82 Å². The predicted molar refractivity (Wildman–Crippen MR) is 62.0 cm³/mol. The largest absolute Gasteiger partial charge is 0.351 e. The Labute approximate surface area is 87.5 Å². The molecular formula is C11H12N2S. The van der Waals surface area contributed by atoms with Crippen molar-refractivity contribution in [1.82, 2.24) is 4.57 Å². The van der Waals surface area contributed by atoms with Gasteiger partial charge in [0.25, 0.3) is 0 Å². The average molecular weight is 204 g/mol. The van der Waals surface area contributed by atoms with Crippen LogP contribution in [0.1, 0.15) is 0 Å². The molecule has 72 valence electrons. The molecule has 0 saturated heterocycles. The third kappa shape index (κ3) is 0.879. The number of rotatable bonds is 0. The lowest BCUT2D eigenvalue weighted by Crippen LogP contribution is -2.14. The van der Waals surface area contributed by atoms with Gasteiger partial charge in [-0.25, -0.2) is 0 Å². The van der Waals surface area contributed by atoms with E-state index in [1.54, 1.807) is 0 Å². The summed E-state index contributed by atoms with van der Waals surface area (Å²) in [5, 5.41) is 1.39. The number of hydrogen-bond donors (Lipinski definition) is 0. The zero-order chi connectivity index (χ0) is 9.71. The van der Waals surface area contributed by atoms with E-state index in [1.165, 1.54) is 21.6 Å². The van der Waals surface area contributed by atoms with Gasteiger partial charge in [-0.05, 0) is 6.07 Å². The van der Waals surface area contributed by atoms with Gasteiger partial charge >= 0.3 is 0 Å². The number of anilines is 1. The summed E-state index contributed by atoms with van der Waals surface area (Å²) in [6.45, 7) is 0. The molecular weight excluding hydrogens is 192 g/mol. The molecule has 0 unspecified atom stereocenters. The highest BCUT2D eigenvalue weighted by Gasteiger charge is 2.23. The smallest absolute Gasteiger partial charge is 0.123 e. The second-order valence-corrected chi connectivity index (χ2v) is 4.66. The van der Waals surface area contributed by atoms with Crippen LogP contribution in [0.3, 0.4) is 0 Å². The molecule has 0 fully saturated rings. The Morgan fingerprint density at radius 2 is 2.00 bits per heavy atom. The number of fused-ring (bicyclic) bond motifs is 3. The molecule has 3 rings (SSSR count). The van der Waals surface area contributed by atoms with E-state index < -0.39 is 0 Å². The van der Waals surface area contributed by atoms with Crippen LogP contribution in [0.15, 0.2) is 29.2 Å². The van der Waals surface area contributed by atoms with Crippen LogP contribution < -0.4 is 4.90 Å². The highest BCUT2D eigenvalue weighted by atomic mass is 32.2. The first kappa shape index (κ1) is 8.24. The van der Waals surface area contributed by atoms with Gasteiger partial charge in [0.2, 0.25) is 0 Å². The van der Waals surface area contributed by atoms with E-state index in [2.05, 4.69) is 47.8 Å². The first-order valence-electron chi connectivity index (χ1n) is 4.70. The van der Waals surface area contributed by atoms with Gasteiger partial charge in [0.15, 0.2) is 0 Å². The monoisotopic (exact) mass is 204 g/mol. The van der Waals surface area contributed by atoms with Gasteiger partial charge in [0.05, 0.1) is 16.3 Å². The predicted octanol–water partition coefficient (Wildman–Crippen LogP) is 2.68. The van der Waals surface area contributed by atoms with Crippen molar-refractivity contribution in [1.29, 1.82) is 0 Å². The van der Waals surface area contributed by atoms with E-state index in [1.807, 2.05) is 11.8 Å². The van der Waals surface area contributed by atoms with Crippen LogP contribution in [-0.4, -0.2) is 17.5 Å². The van der Waals surface area contributed by atoms with Crippen LogP contribution in [0.25, 0.3) is 10.9 Å². The van der Waals surface area contributed by atoms with Crippen molar-refractivity contribution < 1.29 is 0 Å². The molecule has 0 amide bonds. The number of para-hydroxylation sites is 1. The molecule has 0 atom stereocenters. The fraction of sp³-hybridized carbons (Fsp3) is 0.273. The molecule has 1 aromatic heterocycles. The second kappa shape index (κ2) is 2.70. The van der Waals surface area contributed by atoms with E-state index in [-0.39, 0.29) is 0 Å². The maximum Gasteiger partial charge on any atom is 0.123 e. The minimum absolute atomic E-state index is 1.07. The Morgan fingerprint density at radius 3 is 2.86 bits per heavy atom. The zero-order valence-corrected chi connectivity index (χ0v) is 9.14. The highest BCUT2D eigenvalue weighted by molar-refractivity contribution is 8.00. The molecule has 0 bridgehead atoms. The molecule has 0 saturated carbocycles. The van der Waals surface area contributed by atoms with E-state index in [9.17, 15) is 0 Å². The van der Waals surface area contributed by atoms with Crippen molar-refractivity contribution in [2.75, 3.05) is 17.8 Å². The Kier molecular flexibility index (Phi) is 1.59. The van der Waals surface area contributed by atoms with Gasteiger partial charge in [-0.3, -0.25) is 0 Å². The normalized spacial score (nSPS) is 15.1. The molecule has 2 nitrogen and oxygen atoms in total. The Morgan fingerprint density at radius 1 is 1.21 bits per heavy atom. The summed E-state index contributed by atoms with van der Waals surface area (Å²) in [5.74, 6) is 2.43. The summed E-state index contributed by atoms with van der Waals surface area (Å²) in [6.07, 6.45) is 0. The molecule has 0 spiro atoms. The fourth-order valence-electron chi connectivity index (χ4n) is 2.14. The Bertz CT molecular complexity index is 501. The molecule has 0 aliphatic carbocycles. The number of aromatic nitrogens is 1. The SMILES string of the molecule is CN1CSc2c1n(C)c1ccccc21. The van der Waals surface area contributed by atoms with Gasteiger partial charge in [-0.1, -0.05) is 30.0 Å². The Hall–Kier alpha value is -1.09. The van der Waals surface area contributed by atoms with E-state index in [4.69, 9.17) is 0 Å². The summed E-state index contributed by atoms with van der Waals surface area (Å²) in [4.78, 5) is 3.74. The molecule has 1 aliphatic heterocycles. The molecule has 0 radical (unpaired) electrons. The van der Waals surface area contributed by atoms with Crippen LogP contribution in [0.4, 0.5) is 5.82 Å². The van der Waals surface area contributed by atoms with Crippen molar-refractivity contribution >= 4 is 28.5 Å². The number of aryl methyl sites for hydroxylation is 1. The van der Waals surface area contributed by atoms with E-state index in [0.717, 1.165) is 5.88 Å². The van der Waals surface area contributed by atoms with Crippen LogP contribution in [-0.2, 0) is 7.05 Å². The quantitative estimate of drug-likeness (QED) is 0.652. The van der Waals surface area contributed by atoms with Gasteiger partial charge in [-0.15, -0.1) is 0 Å².